The van der Waals surface area contributed by atoms with Crippen molar-refractivity contribution in [1.82, 2.24) is 4.90 Å². The van der Waals surface area contributed by atoms with Crippen molar-refractivity contribution in [3.8, 4) is 0 Å². The normalized spacial score (nSPS) is 12.2. The van der Waals surface area contributed by atoms with Crippen LogP contribution in [0.1, 0.15) is 39.5 Å². The SMILES string of the molecule is CCCCOP(=O)(OCCCC)OCCN(CCCl)CCCl. The third-order valence-corrected chi connectivity index (χ3v) is 4.79. The molecule has 0 aliphatic rings. The summed E-state index contributed by atoms with van der Waals surface area (Å²) < 4.78 is 28.7. The maximum Gasteiger partial charge on any atom is 0.474 e. The fraction of sp³-hybridized carbons (Fsp3) is 1.00. The van der Waals surface area contributed by atoms with E-state index in [2.05, 4.69) is 4.90 Å². The van der Waals surface area contributed by atoms with E-state index in [0.717, 1.165) is 38.8 Å². The topological polar surface area (TPSA) is 48.0 Å². The third kappa shape index (κ3) is 12.1. The predicted octanol–water partition coefficient (Wildman–Crippen LogP) is 4.52. The van der Waals surface area contributed by atoms with Gasteiger partial charge in [0, 0.05) is 31.4 Å². The Morgan fingerprint density at radius 1 is 0.818 bits per heavy atom. The van der Waals surface area contributed by atoms with Crippen molar-refractivity contribution in [2.75, 3.05) is 51.2 Å². The number of halogens is 2. The molecule has 22 heavy (non-hydrogen) atoms. The zero-order valence-electron chi connectivity index (χ0n) is 13.8. The van der Waals surface area contributed by atoms with Crippen LogP contribution in [0.4, 0.5) is 0 Å². The molecule has 0 N–H and O–H groups in total. The van der Waals surface area contributed by atoms with Crippen LogP contribution in [0.5, 0.6) is 0 Å². The maximum atomic E-state index is 12.5. The molecule has 5 nitrogen and oxygen atoms in total. The molecule has 0 saturated heterocycles. The Hall–Kier alpha value is 0.650. The number of phosphoric acid groups is 1. The van der Waals surface area contributed by atoms with Gasteiger partial charge < -0.3 is 0 Å². The summed E-state index contributed by atoms with van der Waals surface area (Å²) in [6.45, 7) is 7.15. The van der Waals surface area contributed by atoms with Crippen molar-refractivity contribution < 1.29 is 18.1 Å². The molecule has 0 saturated carbocycles. The van der Waals surface area contributed by atoms with E-state index in [9.17, 15) is 4.57 Å². The molecular weight excluding hydrogens is 348 g/mol. The summed E-state index contributed by atoms with van der Waals surface area (Å²) in [5.41, 5.74) is 0. The Labute approximate surface area is 145 Å². The van der Waals surface area contributed by atoms with E-state index in [4.69, 9.17) is 36.8 Å². The van der Waals surface area contributed by atoms with Crippen LogP contribution in [0.15, 0.2) is 0 Å². The summed E-state index contributed by atoms with van der Waals surface area (Å²) in [6.07, 6.45) is 3.59. The first kappa shape index (κ1) is 22.6. The summed E-state index contributed by atoms with van der Waals surface area (Å²) in [7, 11) is -3.47. The Kier molecular flexibility index (Phi) is 15.6. The van der Waals surface area contributed by atoms with Crippen LogP contribution in [0.3, 0.4) is 0 Å². The highest BCUT2D eigenvalue weighted by molar-refractivity contribution is 7.48. The van der Waals surface area contributed by atoms with Gasteiger partial charge in [0.1, 0.15) is 0 Å². The lowest BCUT2D eigenvalue weighted by molar-refractivity contribution is 0.101. The second-order valence-electron chi connectivity index (χ2n) is 4.87. The predicted molar refractivity (Wildman–Crippen MR) is 93.2 cm³/mol. The molecule has 0 heterocycles. The van der Waals surface area contributed by atoms with Crippen LogP contribution in [-0.4, -0.2) is 56.1 Å². The average Bonchev–Trinajstić information content (AvgIpc) is 2.48. The Morgan fingerprint density at radius 3 is 1.68 bits per heavy atom. The molecule has 0 aliphatic carbocycles. The van der Waals surface area contributed by atoms with E-state index in [0.29, 0.717) is 31.5 Å². The fourth-order valence-corrected chi connectivity index (χ4v) is 3.32. The molecule has 0 amide bonds. The molecular formula is C14H30Cl2NO4P. The van der Waals surface area contributed by atoms with Crippen molar-refractivity contribution in [2.45, 2.75) is 39.5 Å². The highest BCUT2D eigenvalue weighted by Crippen LogP contribution is 2.49. The zero-order chi connectivity index (χ0) is 16.7. The molecule has 0 aromatic rings. The van der Waals surface area contributed by atoms with E-state index in [1.54, 1.807) is 0 Å². The minimum Gasteiger partial charge on any atom is -0.299 e. The average molecular weight is 378 g/mol. The highest BCUT2D eigenvalue weighted by Gasteiger charge is 2.26. The van der Waals surface area contributed by atoms with Gasteiger partial charge in [-0.1, -0.05) is 26.7 Å². The second kappa shape index (κ2) is 15.2. The molecule has 0 bridgehead atoms. The molecule has 0 atom stereocenters. The monoisotopic (exact) mass is 377 g/mol. The number of hydrogen-bond acceptors (Lipinski definition) is 5. The minimum atomic E-state index is -3.47. The Bertz CT molecular complexity index is 278. The van der Waals surface area contributed by atoms with Gasteiger partial charge in [0.25, 0.3) is 0 Å². The first-order valence-electron chi connectivity index (χ1n) is 7.99. The molecule has 0 aliphatic heterocycles. The quantitative estimate of drug-likeness (QED) is 0.224. The van der Waals surface area contributed by atoms with E-state index in [1.165, 1.54) is 0 Å². The molecule has 134 valence electrons. The van der Waals surface area contributed by atoms with Gasteiger partial charge in [0.2, 0.25) is 0 Å². The van der Waals surface area contributed by atoms with Gasteiger partial charge in [-0.15, -0.1) is 23.2 Å². The van der Waals surface area contributed by atoms with Crippen molar-refractivity contribution >= 4 is 31.0 Å². The van der Waals surface area contributed by atoms with E-state index in [1.807, 2.05) is 13.8 Å². The Balaban J connectivity index is 4.26. The standard InChI is InChI=1S/C14H30Cl2NO4P/c1-3-5-12-19-22(18,20-13-6-4-2)21-14-11-17(9-7-15)10-8-16/h3-14H2,1-2H3. The lowest BCUT2D eigenvalue weighted by Crippen LogP contribution is -2.31. The number of rotatable bonds is 16. The minimum absolute atomic E-state index is 0.267. The van der Waals surface area contributed by atoms with Crippen molar-refractivity contribution in [2.24, 2.45) is 0 Å². The lowest BCUT2D eigenvalue weighted by atomic mass is 10.4. The van der Waals surface area contributed by atoms with E-state index >= 15 is 0 Å². The van der Waals surface area contributed by atoms with Crippen LogP contribution in [0.25, 0.3) is 0 Å². The largest absolute Gasteiger partial charge is 0.474 e. The third-order valence-electron chi connectivity index (χ3n) is 2.95. The molecule has 0 fully saturated rings. The van der Waals surface area contributed by atoms with Gasteiger partial charge >= 0.3 is 7.82 Å². The second-order valence-corrected chi connectivity index (χ2v) is 7.30. The number of hydrogen-bond donors (Lipinski definition) is 0. The van der Waals surface area contributed by atoms with Crippen LogP contribution in [-0.2, 0) is 18.1 Å². The molecule has 0 aromatic heterocycles. The number of nitrogens with zero attached hydrogens (tertiary/aromatic N) is 1. The molecule has 0 aromatic carbocycles. The van der Waals surface area contributed by atoms with Crippen LogP contribution in [0, 0.1) is 0 Å². The smallest absolute Gasteiger partial charge is 0.299 e. The number of phosphoric ester groups is 1. The first-order chi connectivity index (χ1) is 10.6. The van der Waals surface area contributed by atoms with Gasteiger partial charge in [0.15, 0.2) is 0 Å². The Morgan fingerprint density at radius 2 is 1.27 bits per heavy atom. The molecule has 0 rings (SSSR count). The molecule has 0 unspecified atom stereocenters. The van der Waals surface area contributed by atoms with E-state index in [-0.39, 0.29) is 6.61 Å². The summed E-state index contributed by atoms with van der Waals surface area (Å²) in [5, 5.41) is 0. The molecule has 0 spiro atoms. The van der Waals surface area contributed by atoms with Gasteiger partial charge in [0.05, 0.1) is 19.8 Å². The van der Waals surface area contributed by atoms with Crippen molar-refractivity contribution in [3.63, 3.8) is 0 Å². The van der Waals surface area contributed by atoms with Gasteiger partial charge in [-0.25, -0.2) is 4.57 Å². The number of unbranched alkanes of at least 4 members (excludes halogenated alkanes) is 2. The molecule has 8 heteroatoms. The highest BCUT2D eigenvalue weighted by atomic mass is 35.5. The fourth-order valence-electron chi connectivity index (χ4n) is 1.61. The van der Waals surface area contributed by atoms with Crippen molar-refractivity contribution in [3.05, 3.63) is 0 Å². The number of alkyl halides is 2. The molecule has 0 radical (unpaired) electrons. The first-order valence-corrected chi connectivity index (χ1v) is 10.5. The van der Waals surface area contributed by atoms with Gasteiger partial charge in [-0.3, -0.25) is 18.5 Å². The van der Waals surface area contributed by atoms with Gasteiger partial charge in [-0.05, 0) is 12.8 Å². The van der Waals surface area contributed by atoms with Gasteiger partial charge in [-0.2, -0.15) is 0 Å². The summed E-state index contributed by atoms with van der Waals surface area (Å²) in [5.74, 6) is 1.04. The summed E-state index contributed by atoms with van der Waals surface area (Å²) in [4.78, 5) is 2.06. The summed E-state index contributed by atoms with van der Waals surface area (Å²) in [6, 6.07) is 0. The van der Waals surface area contributed by atoms with E-state index < -0.39 is 7.82 Å². The van der Waals surface area contributed by atoms with Crippen molar-refractivity contribution in [1.29, 1.82) is 0 Å². The lowest BCUT2D eigenvalue weighted by Gasteiger charge is -2.22. The zero-order valence-corrected chi connectivity index (χ0v) is 16.2. The van der Waals surface area contributed by atoms with Crippen LogP contribution < -0.4 is 0 Å². The maximum absolute atomic E-state index is 12.5. The van der Waals surface area contributed by atoms with Crippen LogP contribution in [0.2, 0.25) is 0 Å². The summed E-state index contributed by atoms with van der Waals surface area (Å²) >= 11 is 11.5. The van der Waals surface area contributed by atoms with Crippen LogP contribution >= 0.6 is 31.0 Å².